The smallest absolute Gasteiger partial charge is 0.259 e. The van der Waals surface area contributed by atoms with E-state index in [1.165, 1.54) is 10.4 Å². The van der Waals surface area contributed by atoms with Gasteiger partial charge in [0.1, 0.15) is 11.6 Å². The van der Waals surface area contributed by atoms with E-state index in [1.54, 1.807) is 21.1 Å². The van der Waals surface area contributed by atoms with Crippen molar-refractivity contribution in [3.63, 3.8) is 0 Å². The summed E-state index contributed by atoms with van der Waals surface area (Å²) in [5.41, 5.74) is 3.25. The van der Waals surface area contributed by atoms with Crippen LogP contribution >= 0.6 is 0 Å². The molecule has 8 nitrogen and oxygen atoms in total. The predicted molar refractivity (Wildman–Crippen MR) is 128 cm³/mol. The Labute approximate surface area is 189 Å². The molecule has 0 fully saturated rings. The van der Waals surface area contributed by atoms with E-state index >= 15 is 0 Å². The number of aryl methyl sites for hydroxylation is 2. The minimum atomic E-state index is -0.0722. The predicted octanol–water partition coefficient (Wildman–Crippen LogP) is 2.57. The van der Waals surface area contributed by atoms with Crippen molar-refractivity contribution in [3.8, 4) is 5.75 Å². The average Bonchev–Trinajstić information content (AvgIpc) is 3.12. The number of ether oxygens (including phenoxy) is 1. The van der Waals surface area contributed by atoms with Crippen LogP contribution in [0.2, 0.25) is 0 Å². The summed E-state index contributed by atoms with van der Waals surface area (Å²) in [6, 6.07) is 15.9. The van der Waals surface area contributed by atoms with Crippen LogP contribution in [-0.4, -0.2) is 60.6 Å². The van der Waals surface area contributed by atoms with Crippen molar-refractivity contribution in [2.24, 2.45) is 4.99 Å². The van der Waals surface area contributed by atoms with Gasteiger partial charge in [0.2, 0.25) is 0 Å². The van der Waals surface area contributed by atoms with Crippen molar-refractivity contribution in [3.05, 3.63) is 59.9 Å². The third-order valence-electron chi connectivity index (χ3n) is 5.14. The Morgan fingerprint density at radius 1 is 1.16 bits per heavy atom. The Morgan fingerprint density at radius 2 is 1.97 bits per heavy atom. The molecule has 2 N–H and O–H groups in total. The number of imidazole rings is 1. The van der Waals surface area contributed by atoms with Gasteiger partial charge < -0.3 is 24.8 Å². The lowest BCUT2D eigenvalue weighted by molar-refractivity contribution is -0.130. The number of benzene rings is 2. The Kier molecular flexibility index (Phi) is 8.08. The number of rotatable bonds is 9. The molecule has 2 aromatic carbocycles. The first-order valence-corrected chi connectivity index (χ1v) is 10.8. The summed E-state index contributed by atoms with van der Waals surface area (Å²) in [6.45, 7) is 4.35. The summed E-state index contributed by atoms with van der Waals surface area (Å²) in [5, 5.41) is 6.68. The van der Waals surface area contributed by atoms with Crippen molar-refractivity contribution in [1.82, 2.24) is 25.1 Å². The maximum Gasteiger partial charge on any atom is 0.259 e. The summed E-state index contributed by atoms with van der Waals surface area (Å²) in [6.07, 6.45) is 0.950. The van der Waals surface area contributed by atoms with E-state index < -0.39 is 0 Å². The summed E-state index contributed by atoms with van der Waals surface area (Å²) in [5.74, 6) is 2.37. The Balaban J connectivity index is 1.44. The highest BCUT2D eigenvalue weighted by atomic mass is 16.5. The number of carbonyl (C=O) groups is 1. The van der Waals surface area contributed by atoms with Crippen LogP contribution < -0.4 is 15.4 Å². The Morgan fingerprint density at radius 3 is 2.75 bits per heavy atom. The highest BCUT2D eigenvalue weighted by Crippen LogP contribution is 2.16. The number of hydrogen-bond acceptors (Lipinski definition) is 4. The largest absolute Gasteiger partial charge is 0.484 e. The number of fused-ring (bicyclic) bond motifs is 1. The second-order valence-corrected chi connectivity index (χ2v) is 7.73. The number of amides is 1. The van der Waals surface area contributed by atoms with Crippen molar-refractivity contribution in [1.29, 1.82) is 0 Å². The van der Waals surface area contributed by atoms with Gasteiger partial charge in [0, 0.05) is 40.8 Å². The van der Waals surface area contributed by atoms with E-state index in [1.807, 2.05) is 49.4 Å². The van der Waals surface area contributed by atoms with E-state index in [-0.39, 0.29) is 12.5 Å². The van der Waals surface area contributed by atoms with E-state index in [2.05, 4.69) is 31.2 Å². The zero-order valence-electron chi connectivity index (χ0n) is 19.3. The number of carbonyl (C=O) groups excluding carboxylic acids is 1. The van der Waals surface area contributed by atoms with E-state index in [4.69, 9.17) is 4.74 Å². The lowest BCUT2D eigenvalue weighted by Gasteiger charge is -2.14. The van der Waals surface area contributed by atoms with Gasteiger partial charge in [0.25, 0.3) is 5.91 Å². The second-order valence-electron chi connectivity index (χ2n) is 7.73. The molecule has 3 aromatic rings. The second kappa shape index (κ2) is 11.2. The average molecular weight is 437 g/mol. The number of nitrogens with zero attached hydrogens (tertiary/aromatic N) is 4. The number of guanidine groups is 1. The van der Waals surface area contributed by atoms with Gasteiger partial charge in [-0.1, -0.05) is 24.3 Å². The fraction of sp³-hybridized carbons (Fsp3) is 0.375. The minimum absolute atomic E-state index is 0.0266. The number of aliphatic imine (C=N–C) groups is 1. The number of likely N-dealkylation sites (N-methyl/N-ethyl adjacent to an activating group) is 1. The fourth-order valence-electron chi connectivity index (χ4n) is 3.35. The number of aromatic nitrogens is 2. The van der Waals surface area contributed by atoms with Crippen molar-refractivity contribution >= 4 is 22.9 Å². The summed E-state index contributed by atoms with van der Waals surface area (Å²) >= 11 is 0. The van der Waals surface area contributed by atoms with E-state index in [0.29, 0.717) is 12.3 Å². The SMILES string of the molecule is CN=C(NCCCn1c(C)nc2ccccc21)NCc1cccc(OCC(=O)N(C)C)c1. The fourth-order valence-corrected chi connectivity index (χ4v) is 3.35. The van der Waals surface area contributed by atoms with Gasteiger partial charge in [-0.05, 0) is 43.2 Å². The van der Waals surface area contributed by atoms with Crippen LogP contribution in [0.1, 0.15) is 17.8 Å². The molecular formula is C24H32N6O2. The number of hydrogen-bond donors (Lipinski definition) is 2. The quantitative estimate of drug-likeness (QED) is 0.306. The molecule has 0 saturated heterocycles. The van der Waals surface area contributed by atoms with E-state index in [0.717, 1.165) is 42.4 Å². The first-order valence-electron chi connectivity index (χ1n) is 10.8. The maximum atomic E-state index is 11.7. The molecule has 32 heavy (non-hydrogen) atoms. The molecule has 8 heteroatoms. The van der Waals surface area contributed by atoms with Crippen LogP contribution in [0.5, 0.6) is 5.75 Å². The van der Waals surface area contributed by atoms with Gasteiger partial charge in [-0.3, -0.25) is 9.79 Å². The van der Waals surface area contributed by atoms with Crippen LogP contribution in [0.4, 0.5) is 0 Å². The molecular weight excluding hydrogens is 404 g/mol. The molecule has 1 heterocycles. The highest BCUT2D eigenvalue weighted by molar-refractivity contribution is 5.79. The molecule has 0 aliphatic heterocycles. The molecule has 0 bridgehead atoms. The first-order chi connectivity index (χ1) is 15.5. The molecule has 170 valence electrons. The zero-order valence-corrected chi connectivity index (χ0v) is 19.3. The third-order valence-corrected chi connectivity index (χ3v) is 5.14. The molecule has 1 aromatic heterocycles. The summed E-state index contributed by atoms with van der Waals surface area (Å²) < 4.78 is 7.84. The zero-order chi connectivity index (χ0) is 22.9. The first kappa shape index (κ1) is 23.1. The third kappa shape index (κ3) is 6.23. The van der Waals surface area contributed by atoms with Crippen molar-refractivity contribution < 1.29 is 9.53 Å². The molecule has 0 unspecified atom stereocenters. The van der Waals surface area contributed by atoms with E-state index in [9.17, 15) is 4.79 Å². The van der Waals surface area contributed by atoms with Crippen molar-refractivity contribution in [2.45, 2.75) is 26.4 Å². The molecule has 1 amide bonds. The number of nitrogens with one attached hydrogen (secondary N) is 2. The molecule has 0 aliphatic carbocycles. The van der Waals surface area contributed by atoms with Crippen molar-refractivity contribution in [2.75, 3.05) is 34.3 Å². The topological polar surface area (TPSA) is 83.8 Å². The highest BCUT2D eigenvalue weighted by Gasteiger charge is 2.07. The van der Waals surface area contributed by atoms with Gasteiger partial charge >= 0.3 is 0 Å². The monoisotopic (exact) mass is 436 g/mol. The minimum Gasteiger partial charge on any atom is -0.484 e. The number of para-hydroxylation sites is 2. The standard InChI is InChI=1S/C24H32N6O2/c1-18-28-21-11-5-6-12-22(21)30(18)14-8-13-26-24(25-2)27-16-19-9-7-10-20(15-19)32-17-23(31)29(3)4/h5-7,9-12,15H,8,13-14,16-17H2,1-4H3,(H2,25,26,27). The normalized spacial score (nSPS) is 11.4. The van der Waals surface area contributed by atoms with Gasteiger partial charge in [-0.2, -0.15) is 0 Å². The lowest BCUT2D eigenvalue weighted by atomic mass is 10.2. The molecule has 0 aliphatic rings. The molecule has 3 rings (SSSR count). The molecule has 0 saturated carbocycles. The molecule has 0 atom stereocenters. The Hall–Kier alpha value is -3.55. The molecule has 0 spiro atoms. The summed E-state index contributed by atoms with van der Waals surface area (Å²) in [4.78, 5) is 22.1. The Bertz CT molecular complexity index is 1070. The molecule has 0 radical (unpaired) electrons. The maximum absolute atomic E-state index is 11.7. The van der Waals surface area contributed by atoms with Crippen LogP contribution in [0, 0.1) is 6.92 Å². The van der Waals surface area contributed by atoms with Gasteiger partial charge in [-0.25, -0.2) is 4.98 Å². The van der Waals surface area contributed by atoms with Gasteiger partial charge in [0.05, 0.1) is 11.0 Å². The summed E-state index contributed by atoms with van der Waals surface area (Å²) in [7, 11) is 5.18. The van der Waals surface area contributed by atoms with Crippen LogP contribution in [0.3, 0.4) is 0 Å². The van der Waals surface area contributed by atoms with Crippen LogP contribution in [-0.2, 0) is 17.9 Å². The lowest BCUT2D eigenvalue weighted by Crippen LogP contribution is -2.37. The van der Waals surface area contributed by atoms with Crippen LogP contribution in [0.15, 0.2) is 53.5 Å². The van der Waals surface area contributed by atoms with Gasteiger partial charge in [-0.15, -0.1) is 0 Å². The van der Waals surface area contributed by atoms with Gasteiger partial charge in [0.15, 0.2) is 12.6 Å². The van der Waals surface area contributed by atoms with Crippen LogP contribution in [0.25, 0.3) is 11.0 Å².